The molecule has 4 rings (SSSR count). The lowest BCUT2D eigenvalue weighted by Gasteiger charge is -2.36. The van der Waals surface area contributed by atoms with Crippen LogP contribution in [0.1, 0.15) is 43.0 Å². The summed E-state index contributed by atoms with van der Waals surface area (Å²) in [6, 6.07) is 11.1. The summed E-state index contributed by atoms with van der Waals surface area (Å²) in [6.07, 6.45) is 5.85. The number of rotatable bonds is 5. The van der Waals surface area contributed by atoms with Gasteiger partial charge in [-0.3, -0.25) is 9.58 Å². The summed E-state index contributed by atoms with van der Waals surface area (Å²) in [6.45, 7) is 6.88. The van der Waals surface area contributed by atoms with Gasteiger partial charge in [0.1, 0.15) is 11.6 Å². The number of benzene rings is 1. The summed E-state index contributed by atoms with van der Waals surface area (Å²) in [7, 11) is 1.72. The third kappa shape index (κ3) is 3.12. The Balaban J connectivity index is 1.68. The van der Waals surface area contributed by atoms with Gasteiger partial charge in [-0.05, 0) is 37.6 Å². The minimum atomic E-state index is 0.266. The Hall–Kier alpha value is -2.60. The van der Waals surface area contributed by atoms with Crippen LogP contribution in [0.2, 0.25) is 0 Å². The molecular formula is C20H25N5O. The van der Waals surface area contributed by atoms with E-state index < -0.39 is 0 Å². The summed E-state index contributed by atoms with van der Waals surface area (Å²) in [5.74, 6) is 2.01. The van der Waals surface area contributed by atoms with Crippen LogP contribution in [0.4, 0.5) is 0 Å². The average molecular weight is 351 g/mol. The second-order valence-corrected chi connectivity index (χ2v) is 7.05. The first-order valence-corrected chi connectivity index (χ1v) is 9.06. The molecule has 0 N–H and O–H groups in total. The maximum absolute atomic E-state index is 5.44. The fraction of sp³-hybridized carbons (Fsp3) is 0.400. The highest BCUT2D eigenvalue weighted by molar-refractivity contribution is 5.31. The zero-order valence-corrected chi connectivity index (χ0v) is 15.5. The van der Waals surface area contributed by atoms with Crippen molar-refractivity contribution in [1.82, 2.24) is 24.2 Å². The summed E-state index contributed by atoms with van der Waals surface area (Å²) in [5.41, 5.74) is 2.49. The number of methoxy groups -OCH3 is 1. The van der Waals surface area contributed by atoms with Gasteiger partial charge in [0.25, 0.3) is 0 Å². The van der Waals surface area contributed by atoms with Crippen molar-refractivity contribution in [3.63, 3.8) is 0 Å². The van der Waals surface area contributed by atoms with Gasteiger partial charge in [-0.2, -0.15) is 5.10 Å². The van der Waals surface area contributed by atoms with Crippen LogP contribution < -0.4 is 4.74 Å². The highest BCUT2D eigenvalue weighted by atomic mass is 16.5. The normalized spacial score (nSPS) is 17.5. The molecule has 0 spiro atoms. The molecule has 3 aromatic rings. The van der Waals surface area contributed by atoms with E-state index in [4.69, 9.17) is 4.74 Å². The van der Waals surface area contributed by atoms with E-state index in [9.17, 15) is 0 Å². The first kappa shape index (κ1) is 16.8. The van der Waals surface area contributed by atoms with Gasteiger partial charge < -0.3 is 9.30 Å². The number of fused-ring (bicyclic) bond motifs is 1. The fourth-order valence-corrected chi connectivity index (χ4v) is 3.72. The second-order valence-electron chi connectivity index (χ2n) is 7.05. The zero-order chi connectivity index (χ0) is 18.1. The molecule has 6 heteroatoms. The maximum atomic E-state index is 5.44. The van der Waals surface area contributed by atoms with Gasteiger partial charge in [0, 0.05) is 37.7 Å². The Bertz CT molecular complexity index is 882. The summed E-state index contributed by atoms with van der Waals surface area (Å²) in [4.78, 5) is 7.01. The second kappa shape index (κ2) is 6.96. The van der Waals surface area contributed by atoms with Crippen molar-refractivity contribution < 1.29 is 4.74 Å². The van der Waals surface area contributed by atoms with Gasteiger partial charge in [0.05, 0.1) is 25.4 Å². The van der Waals surface area contributed by atoms with Crippen LogP contribution in [-0.2, 0) is 19.6 Å². The predicted octanol–water partition coefficient (Wildman–Crippen LogP) is 3.43. The van der Waals surface area contributed by atoms with Gasteiger partial charge in [-0.1, -0.05) is 12.1 Å². The fourth-order valence-electron chi connectivity index (χ4n) is 3.72. The number of ether oxygens (including phenoxy) is 1. The van der Waals surface area contributed by atoms with Crippen LogP contribution in [0.5, 0.6) is 5.75 Å². The number of aromatic nitrogens is 4. The average Bonchev–Trinajstić information content (AvgIpc) is 3.30. The van der Waals surface area contributed by atoms with E-state index in [1.807, 2.05) is 18.5 Å². The summed E-state index contributed by atoms with van der Waals surface area (Å²) >= 11 is 0. The van der Waals surface area contributed by atoms with Crippen molar-refractivity contribution in [3.05, 3.63) is 66.0 Å². The molecule has 0 saturated carbocycles. The molecular weight excluding hydrogens is 326 g/mol. The van der Waals surface area contributed by atoms with Gasteiger partial charge in [0.2, 0.25) is 0 Å². The molecule has 0 fully saturated rings. The molecule has 0 amide bonds. The highest BCUT2D eigenvalue weighted by Crippen LogP contribution is 2.32. The van der Waals surface area contributed by atoms with Crippen molar-refractivity contribution in [2.24, 2.45) is 0 Å². The van der Waals surface area contributed by atoms with E-state index in [1.165, 1.54) is 11.3 Å². The van der Waals surface area contributed by atoms with Crippen molar-refractivity contribution in [1.29, 1.82) is 0 Å². The molecule has 26 heavy (non-hydrogen) atoms. The van der Waals surface area contributed by atoms with E-state index in [2.05, 4.69) is 68.5 Å². The molecule has 0 radical (unpaired) electrons. The molecule has 2 aromatic heterocycles. The van der Waals surface area contributed by atoms with Crippen LogP contribution in [-0.4, -0.2) is 31.3 Å². The monoisotopic (exact) mass is 351 g/mol. The lowest BCUT2D eigenvalue weighted by Crippen LogP contribution is -2.37. The zero-order valence-electron chi connectivity index (χ0n) is 15.5. The topological polar surface area (TPSA) is 48.1 Å². The predicted molar refractivity (Wildman–Crippen MR) is 99.8 cm³/mol. The summed E-state index contributed by atoms with van der Waals surface area (Å²) in [5, 5.41) is 4.49. The molecule has 0 bridgehead atoms. The number of imidazole rings is 1. The van der Waals surface area contributed by atoms with Crippen molar-refractivity contribution in [2.75, 3.05) is 7.11 Å². The first-order chi connectivity index (χ1) is 12.7. The van der Waals surface area contributed by atoms with E-state index in [-0.39, 0.29) is 6.04 Å². The van der Waals surface area contributed by atoms with Crippen molar-refractivity contribution in [3.8, 4) is 5.75 Å². The Morgan fingerprint density at radius 3 is 2.92 bits per heavy atom. The van der Waals surface area contributed by atoms with Gasteiger partial charge in [-0.25, -0.2) is 4.98 Å². The molecule has 1 aliphatic heterocycles. The molecule has 0 aliphatic carbocycles. The Morgan fingerprint density at radius 2 is 2.12 bits per heavy atom. The van der Waals surface area contributed by atoms with Crippen LogP contribution >= 0.6 is 0 Å². The molecule has 1 aliphatic rings. The van der Waals surface area contributed by atoms with E-state index in [1.54, 1.807) is 7.11 Å². The van der Waals surface area contributed by atoms with Crippen LogP contribution in [0.15, 0.2) is 48.9 Å². The van der Waals surface area contributed by atoms with Crippen LogP contribution in [0.25, 0.3) is 0 Å². The number of nitrogens with zero attached hydrogens (tertiary/aromatic N) is 5. The Labute approximate surface area is 154 Å². The lowest BCUT2D eigenvalue weighted by molar-refractivity contribution is 0.123. The summed E-state index contributed by atoms with van der Waals surface area (Å²) < 4.78 is 9.79. The Morgan fingerprint density at radius 1 is 1.23 bits per heavy atom. The molecule has 1 aromatic carbocycles. The van der Waals surface area contributed by atoms with E-state index in [0.717, 1.165) is 31.2 Å². The number of hydrogen-bond acceptors (Lipinski definition) is 4. The minimum Gasteiger partial charge on any atom is -0.497 e. The smallest absolute Gasteiger partial charge is 0.122 e. The minimum absolute atomic E-state index is 0.266. The van der Waals surface area contributed by atoms with E-state index >= 15 is 0 Å². The maximum Gasteiger partial charge on any atom is 0.122 e. The Kier molecular flexibility index (Phi) is 4.51. The highest BCUT2D eigenvalue weighted by Gasteiger charge is 2.29. The standard InChI is InChI=1S/C20H25N5O/c1-15(2)25-17(7-8-22-25)12-24-14-20-21-9-10-23(20)13-19(24)16-5-4-6-18(11-16)26-3/h4-11,15,19H,12-14H2,1-3H3/t19-/m1/s1. The van der Waals surface area contributed by atoms with Crippen molar-refractivity contribution in [2.45, 2.75) is 45.6 Å². The third-order valence-electron chi connectivity index (χ3n) is 5.04. The van der Waals surface area contributed by atoms with Gasteiger partial charge >= 0.3 is 0 Å². The largest absolute Gasteiger partial charge is 0.497 e. The molecule has 0 unspecified atom stereocenters. The van der Waals surface area contributed by atoms with Gasteiger partial charge in [0.15, 0.2) is 0 Å². The third-order valence-corrected chi connectivity index (χ3v) is 5.04. The lowest BCUT2D eigenvalue weighted by atomic mass is 10.0. The molecule has 0 saturated heterocycles. The first-order valence-electron chi connectivity index (χ1n) is 9.06. The molecule has 1 atom stereocenters. The molecule has 6 nitrogen and oxygen atoms in total. The van der Waals surface area contributed by atoms with Crippen LogP contribution in [0, 0.1) is 0 Å². The van der Waals surface area contributed by atoms with E-state index in [0.29, 0.717) is 6.04 Å². The number of hydrogen-bond donors (Lipinski definition) is 0. The molecule has 3 heterocycles. The SMILES string of the molecule is COc1cccc([C@H]2Cn3ccnc3CN2Cc2ccnn2C(C)C)c1. The molecule has 136 valence electrons. The quantitative estimate of drug-likeness (QED) is 0.707. The van der Waals surface area contributed by atoms with Gasteiger partial charge in [-0.15, -0.1) is 0 Å². The van der Waals surface area contributed by atoms with Crippen LogP contribution in [0.3, 0.4) is 0 Å². The van der Waals surface area contributed by atoms with Crippen molar-refractivity contribution >= 4 is 0 Å².